The molecule has 20 heavy (non-hydrogen) atoms. The van der Waals surface area contributed by atoms with Crippen LogP contribution in [0.1, 0.15) is 47.2 Å². The number of aliphatic hydroxyl groups is 1. The summed E-state index contributed by atoms with van der Waals surface area (Å²) >= 11 is 0. The predicted octanol–water partition coefficient (Wildman–Crippen LogP) is 2.41. The maximum Gasteiger partial charge on any atom is 0.253 e. The smallest absolute Gasteiger partial charge is 0.253 e. The fourth-order valence-corrected chi connectivity index (χ4v) is 3.45. The average molecular weight is 273 g/mol. The van der Waals surface area contributed by atoms with Crippen LogP contribution in [0.25, 0.3) is 0 Å². The van der Waals surface area contributed by atoms with E-state index in [1.165, 1.54) is 24.0 Å². The highest BCUT2D eigenvalue weighted by molar-refractivity contribution is 5.94. The first-order chi connectivity index (χ1) is 9.78. The van der Waals surface area contributed by atoms with Crippen LogP contribution >= 0.6 is 0 Å². The van der Waals surface area contributed by atoms with Crippen LogP contribution in [0.4, 0.5) is 0 Å². The lowest BCUT2D eigenvalue weighted by atomic mass is 9.90. The van der Waals surface area contributed by atoms with Crippen LogP contribution in [0.2, 0.25) is 0 Å². The largest absolute Gasteiger partial charge is 0.396 e. The van der Waals surface area contributed by atoms with Gasteiger partial charge in [0, 0.05) is 25.3 Å². The summed E-state index contributed by atoms with van der Waals surface area (Å²) in [5.74, 6) is 0.391. The van der Waals surface area contributed by atoms with Crippen molar-refractivity contribution < 1.29 is 9.90 Å². The zero-order valence-corrected chi connectivity index (χ0v) is 12.0. The molecule has 3 rings (SSSR count). The Morgan fingerprint density at radius 2 is 2.00 bits per heavy atom. The summed E-state index contributed by atoms with van der Waals surface area (Å²) < 4.78 is 0. The van der Waals surface area contributed by atoms with E-state index in [0.29, 0.717) is 6.54 Å². The molecule has 1 N–H and O–H groups in total. The van der Waals surface area contributed by atoms with E-state index in [1.54, 1.807) is 0 Å². The quantitative estimate of drug-likeness (QED) is 0.899. The Morgan fingerprint density at radius 3 is 2.80 bits per heavy atom. The van der Waals surface area contributed by atoms with Gasteiger partial charge in [-0.15, -0.1) is 0 Å². The molecule has 1 heterocycles. The normalized spacial score (nSPS) is 22.4. The van der Waals surface area contributed by atoms with Crippen molar-refractivity contribution in [2.45, 2.75) is 38.5 Å². The molecule has 3 nitrogen and oxygen atoms in total. The minimum atomic E-state index is 0.136. The van der Waals surface area contributed by atoms with Crippen molar-refractivity contribution in [1.29, 1.82) is 0 Å². The second kappa shape index (κ2) is 5.96. The lowest BCUT2D eigenvalue weighted by Gasteiger charge is -2.32. The Hall–Kier alpha value is -1.35. The summed E-state index contributed by atoms with van der Waals surface area (Å²) in [6, 6.07) is 6.21. The van der Waals surface area contributed by atoms with Gasteiger partial charge in [0.25, 0.3) is 5.91 Å². The van der Waals surface area contributed by atoms with E-state index in [1.807, 2.05) is 11.0 Å². The van der Waals surface area contributed by atoms with Gasteiger partial charge in [0.15, 0.2) is 0 Å². The van der Waals surface area contributed by atoms with Gasteiger partial charge < -0.3 is 10.0 Å². The van der Waals surface area contributed by atoms with Gasteiger partial charge in [0.2, 0.25) is 0 Å². The Kier molecular flexibility index (Phi) is 4.06. The number of hydrogen-bond donors (Lipinski definition) is 1. The van der Waals surface area contributed by atoms with Gasteiger partial charge in [-0.25, -0.2) is 0 Å². The zero-order valence-electron chi connectivity index (χ0n) is 12.0. The zero-order chi connectivity index (χ0) is 13.9. The van der Waals surface area contributed by atoms with Gasteiger partial charge in [0.1, 0.15) is 0 Å². The molecule has 0 radical (unpaired) electrons. The van der Waals surface area contributed by atoms with Crippen molar-refractivity contribution in [2.75, 3.05) is 19.7 Å². The molecular weight excluding hydrogens is 250 g/mol. The Bertz CT molecular complexity index is 498. The van der Waals surface area contributed by atoms with E-state index in [2.05, 4.69) is 12.1 Å². The molecule has 1 amide bonds. The highest BCUT2D eigenvalue weighted by Crippen LogP contribution is 2.24. The number of fused-ring (bicyclic) bond motifs is 1. The van der Waals surface area contributed by atoms with E-state index in [9.17, 15) is 9.90 Å². The third kappa shape index (κ3) is 2.73. The molecule has 3 heteroatoms. The number of nitrogens with zero attached hydrogens (tertiary/aromatic N) is 1. The standard InChI is InChI=1S/C17H23NO2/c19-12-13-4-3-9-18(11-13)17(20)16-8-7-14-5-1-2-6-15(14)10-16/h7-8,10,13,19H,1-6,9,11-12H2. The molecule has 0 aromatic heterocycles. The number of amides is 1. The number of rotatable bonds is 2. The number of carbonyl (C=O) groups excluding carboxylic acids is 1. The van der Waals surface area contributed by atoms with Gasteiger partial charge in [-0.2, -0.15) is 0 Å². The minimum Gasteiger partial charge on any atom is -0.396 e. The molecule has 1 aromatic carbocycles. The van der Waals surface area contributed by atoms with Crippen molar-refractivity contribution in [3.05, 3.63) is 34.9 Å². The van der Waals surface area contributed by atoms with Crippen LogP contribution < -0.4 is 0 Å². The fourth-order valence-electron chi connectivity index (χ4n) is 3.45. The van der Waals surface area contributed by atoms with Gasteiger partial charge in [-0.05, 0) is 67.7 Å². The van der Waals surface area contributed by atoms with Crippen molar-refractivity contribution in [3.63, 3.8) is 0 Å². The number of piperidine rings is 1. The third-order valence-corrected chi connectivity index (χ3v) is 4.66. The van der Waals surface area contributed by atoms with Crippen LogP contribution in [-0.2, 0) is 12.8 Å². The molecule has 1 atom stereocenters. The predicted molar refractivity (Wildman–Crippen MR) is 78.8 cm³/mol. The first kappa shape index (κ1) is 13.6. The molecule has 0 bridgehead atoms. The number of benzene rings is 1. The summed E-state index contributed by atoms with van der Waals surface area (Å²) in [7, 11) is 0. The molecule has 108 valence electrons. The monoisotopic (exact) mass is 273 g/mol. The van der Waals surface area contributed by atoms with Gasteiger partial charge in [0.05, 0.1) is 0 Å². The van der Waals surface area contributed by atoms with E-state index in [-0.39, 0.29) is 18.4 Å². The average Bonchev–Trinajstić information content (AvgIpc) is 2.53. The SMILES string of the molecule is O=C(c1ccc2c(c1)CCCC2)N1CCCC(CO)C1. The highest BCUT2D eigenvalue weighted by Gasteiger charge is 2.24. The fraction of sp³-hybridized carbons (Fsp3) is 0.588. The summed E-state index contributed by atoms with van der Waals surface area (Å²) in [6.07, 6.45) is 6.80. The molecule has 1 aliphatic heterocycles. The maximum atomic E-state index is 12.6. The van der Waals surface area contributed by atoms with Crippen molar-refractivity contribution in [3.8, 4) is 0 Å². The molecular formula is C17H23NO2. The number of aryl methyl sites for hydroxylation is 2. The Morgan fingerprint density at radius 1 is 1.20 bits per heavy atom. The maximum absolute atomic E-state index is 12.6. The number of likely N-dealkylation sites (tertiary alicyclic amines) is 1. The molecule has 1 aromatic rings. The van der Waals surface area contributed by atoms with E-state index in [0.717, 1.165) is 37.8 Å². The number of hydrogen-bond acceptors (Lipinski definition) is 2. The summed E-state index contributed by atoms with van der Waals surface area (Å²) in [4.78, 5) is 14.5. The Balaban J connectivity index is 1.76. The highest BCUT2D eigenvalue weighted by atomic mass is 16.3. The summed E-state index contributed by atoms with van der Waals surface area (Å²) in [5, 5.41) is 9.28. The minimum absolute atomic E-state index is 0.136. The summed E-state index contributed by atoms with van der Waals surface area (Å²) in [6.45, 7) is 1.72. The summed E-state index contributed by atoms with van der Waals surface area (Å²) in [5.41, 5.74) is 3.60. The van der Waals surface area contributed by atoms with Gasteiger partial charge in [-0.3, -0.25) is 4.79 Å². The first-order valence-corrected chi connectivity index (χ1v) is 7.80. The molecule has 1 saturated heterocycles. The molecule has 1 fully saturated rings. The van der Waals surface area contributed by atoms with Crippen LogP contribution in [-0.4, -0.2) is 35.6 Å². The second-order valence-electron chi connectivity index (χ2n) is 6.13. The number of aliphatic hydroxyl groups excluding tert-OH is 1. The van der Waals surface area contributed by atoms with Crippen LogP contribution in [0.3, 0.4) is 0 Å². The first-order valence-electron chi connectivity index (χ1n) is 7.80. The van der Waals surface area contributed by atoms with Crippen molar-refractivity contribution >= 4 is 5.91 Å². The number of carbonyl (C=O) groups is 1. The van der Waals surface area contributed by atoms with Gasteiger partial charge in [-0.1, -0.05) is 6.07 Å². The lowest BCUT2D eigenvalue weighted by Crippen LogP contribution is -2.41. The third-order valence-electron chi connectivity index (χ3n) is 4.66. The molecule has 1 aliphatic carbocycles. The van der Waals surface area contributed by atoms with E-state index in [4.69, 9.17) is 0 Å². The molecule has 0 saturated carbocycles. The van der Waals surface area contributed by atoms with E-state index >= 15 is 0 Å². The lowest BCUT2D eigenvalue weighted by molar-refractivity contribution is 0.0620. The van der Waals surface area contributed by atoms with Crippen molar-refractivity contribution in [2.24, 2.45) is 5.92 Å². The van der Waals surface area contributed by atoms with Gasteiger partial charge >= 0.3 is 0 Å². The second-order valence-corrected chi connectivity index (χ2v) is 6.13. The van der Waals surface area contributed by atoms with Crippen LogP contribution in [0.5, 0.6) is 0 Å². The molecule has 1 unspecified atom stereocenters. The van der Waals surface area contributed by atoms with E-state index < -0.39 is 0 Å². The molecule has 2 aliphatic rings. The molecule has 0 spiro atoms. The van der Waals surface area contributed by atoms with Crippen LogP contribution in [0.15, 0.2) is 18.2 Å². The van der Waals surface area contributed by atoms with Crippen LogP contribution in [0, 0.1) is 5.92 Å². The Labute approximate surface area is 120 Å². The topological polar surface area (TPSA) is 40.5 Å². The van der Waals surface area contributed by atoms with Crippen molar-refractivity contribution in [1.82, 2.24) is 4.90 Å².